The number of likely N-dealkylation sites (tertiary alicyclic amines) is 1. The monoisotopic (exact) mass is 589 g/mol. The van der Waals surface area contributed by atoms with Crippen LogP contribution >= 0.6 is 0 Å². The molecule has 1 aromatic heterocycles. The van der Waals surface area contributed by atoms with Crippen LogP contribution in [0.2, 0.25) is 0 Å². The van der Waals surface area contributed by atoms with Crippen LogP contribution in [0.4, 0.5) is 34.3 Å². The molecule has 2 atom stereocenters. The molecule has 2 heterocycles. The van der Waals surface area contributed by atoms with E-state index in [-0.39, 0.29) is 17.2 Å². The summed E-state index contributed by atoms with van der Waals surface area (Å²) in [6.07, 6.45) is -8.67. The van der Waals surface area contributed by atoms with Crippen LogP contribution in [-0.4, -0.2) is 83.8 Å². The van der Waals surface area contributed by atoms with Crippen molar-refractivity contribution < 1.29 is 46.6 Å². The van der Waals surface area contributed by atoms with Gasteiger partial charge in [0, 0.05) is 32.6 Å². The molecule has 1 N–H and O–H groups in total. The Bertz CT molecular complexity index is 1160. The van der Waals surface area contributed by atoms with Crippen molar-refractivity contribution in [3.05, 3.63) is 11.8 Å². The Morgan fingerprint density at radius 2 is 1.68 bits per heavy atom. The number of imide groups is 1. The first-order chi connectivity index (χ1) is 18.6. The first-order valence-corrected chi connectivity index (χ1v) is 12.9. The Morgan fingerprint density at radius 1 is 1.10 bits per heavy atom. The maximum Gasteiger partial charge on any atom is 0.417 e. The number of ether oxygens (including phenoxy) is 3. The van der Waals surface area contributed by atoms with E-state index in [2.05, 4.69) is 15.5 Å². The Balaban J connectivity index is 2.64. The van der Waals surface area contributed by atoms with Gasteiger partial charge in [0.1, 0.15) is 11.2 Å². The highest BCUT2D eigenvalue weighted by Crippen LogP contribution is 2.45. The van der Waals surface area contributed by atoms with E-state index in [1.54, 1.807) is 39.6 Å². The van der Waals surface area contributed by atoms with E-state index in [0.717, 1.165) is 7.11 Å². The van der Waals surface area contributed by atoms with E-state index in [0.29, 0.717) is 11.4 Å². The van der Waals surface area contributed by atoms with E-state index in [4.69, 9.17) is 14.2 Å². The molecular weight excluding hydrogens is 551 g/mol. The lowest BCUT2D eigenvalue weighted by atomic mass is 9.71. The third-order valence-electron chi connectivity index (χ3n) is 6.14. The molecule has 1 unspecified atom stereocenters. The summed E-state index contributed by atoms with van der Waals surface area (Å²) < 4.78 is 57.6. The van der Waals surface area contributed by atoms with Gasteiger partial charge in [-0.15, -0.1) is 5.10 Å². The number of carbonyl (C=O) groups is 4. The minimum absolute atomic E-state index is 0.0326. The number of anilines is 2. The number of nitrogens with one attached hydrogen (secondary N) is 1. The highest BCUT2D eigenvalue weighted by molar-refractivity contribution is 6.08. The van der Waals surface area contributed by atoms with Gasteiger partial charge in [0.25, 0.3) is 0 Å². The molecule has 0 spiro atoms. The van der Waals surface area contributed by atoms with Crippen LogP contribution < -0.4 is 10.2 Å². The number of rotatable bonds is 6. The maximum absolute atomic E-state index is 14.1. The first kappa shape index (κ1) is 33.6. The van der Waals surface area contributed by atoms with Crippen LogP contribution in [0.5, 0.6) is 0 Å². The Labute approximate surface area is 236 Å². The van der Waals surface area contributed by atoms with Crippen molar-refractivity contribution >= 4 is 35.6 Å². The largest absolute Gasteiger partial charge is 0.468 e. The molecule has 1 saturated heterocycles. The number of piperidine rings is 1. The van der Waals surface area contributed by atoms with Crippen LogP contribution in [0.3, 0.4) is 0 Å². The molecule has 1 aliphatic rings. The van der Waals surface area contributed by atoms with Crippen LogP contribution in [0.15, 0.2) is 6.07 Å². The minimum atomic E-state index is -4.86. The Morgan fingerprint density at radius 3 is 2.17 bits per heavy atom. The minimum Gasteiger partial charge on any atom is -0.468 e. The summed E-state index contributed by atoms with van der Waals surface area (Å²) >= 11 is 0. The summed E-state index contributed by atoms with van der Waals surface area (Å²) in [6, 6.07) is 1.39. The van der Waals surface area contributed by atoms with Gasteiger partial charge in [-0.25, -0.2) is 14.5 Å². The van der Waals surface area contributed by atoms with Crippen LogP contribution in [0.25, 0.3) is 0 Å². The Hall–Kier alpha value is -3.65. The van der Waals surface area contributed by atoms with Gasteiger partial charge >= 0.3 is 24.3 Å². The zero-order valence-corrected chi connectivity index (χ0v) is 24.8. The normalized spacial score (nSPS) is 19.9. The van der Waals surface area contributed by atoms with Crippen LogP contribution in [-0.2, 0) is 30.2 Å². The number of hydrogen-bond acceptors (Lipinski definition) is 10. The molecule has 41 heavy (non-hydrogen) atoms. The van der Waals surface area contributed by atoms with Crippen molar-refractivity contribution in [1.29, 1.82) is 0 Å². The highest BCUT2D eigenvalue weighted by atomic mass is 19.4. The average molecular weight is 590 g/mol. The summed E-state index contributed by atoms with van der Waals surface area (Å²) in [4.78, 5) is 54.1. The highest BCUT2D eigenvalue weighted by Gasteiger charge is 2.61. The standard InChI is InChI=1S/C26H38F3N5O7/c1-10-33(8)17-11-18(30-21(37)40-23(2,3)4)32-31-16(17)13-25(20(36)39-9)12-15(26(27,28)29)14-34(19(25)35)22(38)41-24(5,6)7/h11,15H,10,12-14H2,1-9H3,(H,30,32,37)/t15-,25?/m1/s1. The van der Waals surface area contributed by atoms with Gasteiger partial charge in [-0.05, 0) is 54.9 Å². The lowest BCUT2D eigenvalue weighted by Gasteiger charge is -2.43. The molecule has 0 aliphatic carbocycles. The van der Waals surface area contributed by atoms with Crippen molar-refractivity contribution in [3.8, 4) is 0 Å². The van der Waals surface area contributed by atoms with E-state index < -0.39 is 72.2 Å². The molecule has 0 radical (unpaired) electrons. The summed E-state index contributed by atoms with van der Waals surface area (Å²) in [6.45, 7) is 10.6. The van der Waals surface area contributed by atoms with Gasteiger partial charge in [-0.1, -0.05) is 0 Å². The average Bonchev–Trinajstić information content (AvgIpc) is 2.82. The van der Waals surface area contributed by atoms with Gasteiger partial charge in [0.05, 0.1) is 24.4 Å². The number of halogens is 3. The second-order valence-electron chi connectivity index (χ2n) is 11.8. The van der Waals surface area contributed by atoms with E-state index in [1.165, 1.54) is 26.8 Å². The van der Waals surface area contributed by atoms with Crippen molar-refractivity contribution in [3.63, 3.8) is 0 Å². The summed E-state index contributed by atoms with van der Waals surface area (Å²) in [5.74, 6) is -4.76. The number of amides is 3. The number of carbonyl (C=O) groups excluding carboxylic acids is 4. The SMILES string of the molecule is CCN(C)c1cc(NC(=O)OC(C)(C)C)nnc1CC1(C(=O)OC)C[C@@H](C(F)(F)F)CN(C(=O)OC(C)(C)C)C1=O. The second-order valence-corrected chi connectivity index (χ2v) is 11.8. The van der Waals surface area contributed by atoms with Gasteiger partial charge in [0.15, 0.2) is 11.2 Å². The summed E-state index contributed by atoms with van der Waals surface area (Å²) in [7, 11) is 2.57. The lowest BCUT2D eigenvalue weighted by Crippen LogP contribution is -2.61. The zero-order chi connectivity index (χ0) is 31.6. The predicted molar refractivity (Wildman–Crippen MR) is 141 cm³/mol. The predicted octanol–water partition coefficient (Wildman–Crippen LogP) is 4.33. The van der Waals surface area contributed by atoms with Crippen LogP contribution in [0.1, 0.15) is 60.6 Å². The smallest absolute Gasteiger partial charge is 0.417 e. The summed E-state index contributed by atoms with van der Waals surface area (Å²) in [5, 5.41) is 10.4. The molecule has 15 heteroatoms. The van der Waals surface area contributed by atoms with E-state index >= 15 is 0 Å². The first-order valence-electron chi connectivity index (χ1n) is 12.9. The van der Waals surface area contributed by atoms with E-state index in [1.807, 2.05) is 0 Å². The van der Waals surface area contributed by atoms with Gasteiger partial charge in [0.2, 0.25) is 5.91 Å². The molecule has 0 aromatic carbocycles. The summed E-state index contributed by atoms with van der Waals surface area (Å²) in [5.41, 5.74) is -4.18. The topological polar surface area (TPSA) is 140 Å². The quantitative estimate of drug-likeness (QED) is 0.290. The van der Waals surface area contributed by atoms with Gasteiger partial charge in [-0.3, -0.25) is 14.9 Å². The fraction of sp³-hybridized carbons (Fsp3) is 0.692. The molecule has 1 aliphatic heterocycles. The number of aromatic nitrogens is 2. The molecule has 0 saturated carbocycles. The molecule has 12 nitrogen and oxygen atoms in total. The molecular formula is C26H38F3N5O7. The van der Waals surface area contributed by atoms with Crippen molar-refractivity contribution in [1.82, 2.24) is 15.1 Å². The molecule has 1 fully saturated rings. The van der Waals surface area contributed by atoms with E-state index in [9.17, 15) is 32.3 Å². The number of hydrogen-bond donors (Lipinski definition) is 1. The van der Waals surface area contributed by atoms with Gasteiger partial charge in [-0.2, -0.15) is 18.3 Å². The molecule has 230 valence electrons. The lowest BCUT2D eigenvalue weighted by molar-refractivity contribution is -0.204. The van der Waals surface area contributed by atoms with Crippen LogP contribution in [0, 0.1) is 11.3 Å². The number of methoxy groups -OCH3 is 1. The third kappa shape index (κ3) is 8.43. The van der Waals surface area contributed by atoms with Crippen molar-refractivity contribution in [2.24, 2.45) is 11.3 Å². The Kier molecular flexibility index (Phi) is 9.88. The molecule has 0 bridgehead atoms. The van der Waals surface area contributed by atoms with Crippen molar-refractivity contribution in [2.45, 2.75) is 78.7 Å². The molecule has 1 aromatic rings. The fourth-order valence-corrected chi connectivity index (χ4v) is 4.20. The zero-order valence-electron chi connectivity index (χ0n) is 24.8. The van der Waals surface area contributed by atoms with Gasteiger partial charge < -0.3 is 19.1 Å². The third-order valence-corrected chi connectivity index (χ3v) is 6.14. The molecule has 3 amide bonds. The second kappa shape index (κ2) is 12.1. The maximum atomic E-state index is 14.1. The van der Waals surface area contributed by atoms with Crippen molar-refractivity contribution in [2.75, 3.05) is 37.5 Å². The molecule has 2 rings (SSSR count). The number of alkyl halides is 3. The number of nitrogens with zero attached hydrogens (tertiary/aromatic N) is 4. The number of esters is 1. The fourth-order valence-electron chi connectivity index (χ4n) is 4.20.